The highest BCUT2D eigenvalue weighted by Gasteiger charge is 2.35. The van der Waals surface area contributed by atoms with Crippen LogP contribution in [0.15, 0.2) is 215 Å². The summed E-state index contributed by atoms with van der Waals surface area (Å²) in [4.78, 5) is 0. The first-order valence-electron chi connectivity index (χ1n) is 25.2. The molecule has 0 saturated heterocycles. The molecule has 6 nitrogen and oxygen atoms in total. The quantitative estimate of drug-likeness (QED) is 0.176. The molecule has 0 aliphatic heterocycles. The Morgan fingerprint density at radius 2 is 0.711 bits per heavy atom. The summed E-state index contributed by atoms with van der Waals surface area (Å²) in [6.07, 6.45) is 0. The third kappa shape index (κ3) is 5.35. The van der Waals surface area contributed by atoms with Gasteiger partial charge in [0.25, 0.3) is 0 Å². The van der Waals surface area contributed by atoms with Gasteiger partial charge in [0.05, 0.1) is 54.0 Å². The number of para-hydroxylation sites is 6. The smallest absolute Gasteiger partial charge is 0.143 e. The molecule has 0 aliphatic carbocycles. The fourth-order valence-electron chi connectivity index (χ4n) is 12.7. The summed E-state index contributed by atoms with van der Waals surface area (Å²) in [5, 5.41) is 37.6. The van der Waals surface area contributed by atoms with Crippen LogP contribution in [0.4, 0.5) is 0 Å². The molecule has 6 heterocycles. The number of nitrogens with zero attached hydrogens (tertiary/aromatic N) is 4. The molecule has 0 radical (unpaired) electrons. The van der Waals surface area contributed by atoms with Crippen molar-refractivity contribution in [3.63, 3.8) is 0 Å². The molecular formula is C68H34N4O2S2. The summed E-state index contributed by atoms with van der Waals surface area (Å²) >= 11 is 3.53. The molecule has 0 N–H and O–H groups in total. The van der Waals surface area contributed by atoms with Crippen LogP contribution < -0.4 is 0 Å². The highest BCUT2D eigenvalue weighted by atomic mass is 32.1. The summed E-state index contributed by atoms with van der Waals surface area (Å²) in [5.74, 6) is 0. The molecule has 17 rings (SSSR count). The van der Waals surface area contributed by atoms with Crippen molar-refractivity contribution in [3.05, 3.63) is 217 Å². The predicted molar refractivity (Wildman–Crippen MR) is 316 cm³/mol. The molecular weight excluding hydrogens is 969 g/mol. The predicted octanol–water partition coefficient (Wildman–Crippen LogP) is 19.5. The van der Waals surface area contributed by atoms with Gasteiger partial charge in [-0.2, -0.15) is 10.5 Å². The molecule has 0 bridgehead atoms. The highest BCUT2D eigenvalue weighted by Crippen LogP contribution is 2.54. The van der Waals surface area contributed by atoms with Gasteiger partial charge in [-0.25, -0.2) is 0 Å². The summed E-state index contributed by atoms with van der Waals surface area (Å²) < 4.78 is 23.3. The van der Waals surface area contributed by atoms with E-state index in [1.807, 2.05) is 48.5 Å². The average Bonchev–Trinajstić information content (AvgIpc) is 4.49. The zero-order chi connectivity index (χ0) is 49.9. The second-order valence-corrected chi connectivity index (χ2v) is 21.7. The van der Waals surface area contributed by atoms with Gasteiger partial charge in [-0.3, -0.25) is 0 Å². The minimum Gasteiger partial charge on any atom is -0.455 e. The lowest BCUT2D eigenvalue weighted by Gasteiger charge is -2.25. The molecule has 0 aliphatic rings. The molecule has 8 heteroatoms. The van der Waals surface area contributed by atoms with Crippen LogP contribution in [0.2, 0.25) is 0 Å². The maximum Gasteiger partial charge on any atom is 0.143 e. The first-order chi connectivity index (χ1) is 37.7. The second-order valence-electron chi connectivity index (χ2n) is 19.6. The third-order valence-electron chi connectivity index (χ3n) is 15.8. The van der Waals surface area contributed by atoms with Crippen LogP contribution in [-0.2, 0) is 0 Å². The van der Waals surface area contributed by atoms with Crippen molar-refractivity contribution in [2.24, 2.45) is 0 Å². The molecule has 0 fully saturated rings. The molecule has 11 aromatic carbocycles. The number of thiophene rings is 2. The number of hydrogen-bond donors (Lipinski definition) is 0. The van der Waals surface area contributed by atoms with Crippen LogP contribution in [0.5, 0.6) is 0 Å². The van der Waals surface area contributed by atoms with E-state index >= 15 is 0 Å². The van der Waals surface area contributed by atoms with Crippen molar-refractivity contribution in [3.8, 4) is 45.8 Å². The topological polar surface area (TPSA) is 83.7 Å². The number of rotatable bonds is 4. The summed E-state index contributed by atoms with van der Waals surface area (Å²) in [6.45, 7) is 0. The van der Waals surface area contributed by atoms with Crippen molar-refractivity contribution >= 4 is 151 Å². The van der Waals surface area contributed by atoms with E-state index in [1.165, 1.54) is 20.2 Å². The van der Waals surface area contributed by atoms with Gasteiger partial charge >= 0.3 is 0 Å². The van der Waals surface area contributed by atoms with E-state index in [0.29, 0.717) is 50.4 Å². The van der Waals surface area contributed by atoms with Crippen molar-refractivity contribution in [1.29, 1.82) is 10.5 Å². The Labute approximate surface area is 439 Å². The number of hydrogen-bond acceptors (Lipinski definition) is 6. The van der Waals surface area contributed by atoms with Crippen molar-refractivity contribution in [2.75, 3.05) is 0 Å². The van der Waals surface area contributed by atoms with Gasteiger partial charge in [0.1, 0.15) is 34.5 Å². The zero-order valence-electron chi connectivity index (χ0n) is 40.1. The van der Waals surface area contributed by atoms with Gasteiger partial charge in [0, 0.05) is 96.3 Å². The van der Waals surface area contributed by atoms with E-state index < -0.39 is 0 Å². The van der Waals surface area contributed by atoms with Crippen molar-refractivity contribution < 1.29 is 8.83 Å². The normalized spacial score (nSPS) is 12.2. The van der Waals surface area contributed by atoms with Crippen LogP contribution in [-0.4, -0.2) is 9.13 Å². The molecule has 0 saturated carbocycles. The second kappa shape index (κ2) is 15.3. The molecule has 17 aromatic rings. The van der Waals surface area contributed by atoms with Gasteiger partial charge in [-0.15, -0.1) is 22.7 Å². The lowest BCUT2D eigenvalue weighted by Crippen LogP contribution is -2.11. The largest absolute Gasteiger partial charge is 0.455 e. The Hall–Kier alpha value is -9.96. The number of furan rings is 2. The molecule has 6 aromatic heterocycles. The van der Waals surface area contributed by atoms with E-state index in [1.54, 1.807) is 22.7 Å². The lowest BCUT2D eigenvalue weighted by atomic mass is 9.85. The Bertz CT molecular complexity index is 5300. The van der Waals surface area contributed by atoms with Gasteiger partial charge in [0.2, 0.25) is 0 Å². The average molecular weight is 1000 g/mol. The van der Waals surface area contributed by atoms with Crippen LogP contribution in [0, 0.1) is 22.7 Å². The Balaban J connectivity index is 1.20. The first-order valence-corrected chi connectivity index (χ1v) is 26.8. The Morgan fingerprint density at radius 3 is 1.18 bits per heavy atom. The fraction of sp³-hybridized carbons (Fsp3) is 0. The number of nitriles is 2. The monoisotopic (exact) mass is 1000 g/mol. The van der Waals surface area contributed by atoms with Crippen LogP contribution in [0.1, 0.15) is 11.1 Å². The number of benzene rings is 11. The number of aromatic nitrogens is 2. The SMILES string of the molecule is N#Cc1c(-c2cccc3c2oc2ccccc23)c(C#N)c(-n2c3ccccc3c3ccc4c5ccccc5sc4c32)c(-c2cccc3c2oc2ccccc23)c1-n1c2ccccc2c2ccc3c4ccccc4sc3c21. The Kier molecular flexibility index (Phi) is 8.36. The first kappa shape index (κ1) is 41.5. The minimum absolute atomic E-state index is 0.338. The van der Waals surface area contributed by atoms with E-state index in [0.717, 1.165) is 102 Å². The lowest BCUT2D eigenvalue weighted by molar-refractivity contribution is 0.669. The molecule has 0 unspecified atom stereocenters. The van der Waals surface area contributed by atoms with Gasteiger partial charge in [-0.1, -0.05) is 170 Å². The van der Waals surface area contributed by atoms with E-state index in [9.17, 15) is 10.5 Å². The van der Waals surface area contributed by atoms with Crippen LogP contribution in [0.3, 0.4) is 0 Å². The maximum absolute atomic E-state index is 12.5. The fourth-order valence-corrected chi connectivity index (χ4v) is 15.2. The summed E-state index contributed by atoms with van der Waals surface area (Å²) in [6, 6.07) is 77.5. The Morgan fingerprint density at radius 1 is 0.329 bits per heavy atom. The molecule has 0 spiro atoms. The van der Waals surface area contributed by atoms with Crippen molar-refractivity contribution in [1.82, 2.24) is 9.13 Å². The maximum atomic E-state index is 12.5. The van der Waals surface area contributed by atoms with Gasteiger partial charge in [-0.05, 0) is 36.4 Å². The van der Waals surface area contributed by atoms with Gasteiger partial charge in [0.15, 0.2) is 0 Å². The van der Waals surface area contributed by atoms with Crippen LogP contribution in [0.25, 0.3) is 161 Å². The standard InChI is InChI=1S/C68H34N4O2S2/c69-35-51-59(49-23-13-21-45-39-17-3-9-27-55(39)73-65(45)49)52(36-70)62(72-54-26-8-2-16-38(54)44-32-34-48-42-20-6-12-30-58(42)76-68(48)64(44)72)60(50-24-14-22-46-40-18-4-10-28-56(40)74-66(46)50)61(51)71-53-25-7-1-15-37(53)43-31-33-47-41-19-5-11-29-57(41)75-67(47)63(43)71/h1-34H. The van der Waals surface area contributed by atoms with Crippen LogP contribution >= 0.6 is 22.7 Å². The zero-order valence-corrected chi connectivity index (χ0v) is 41.7. The molecule has 0 atom stereocenters. The van der Waals surface area contributed by atoms with E-state index in [2.05, 4.69) is 179 Å². The van der Waals surface area contributed by atoms with Crippen molar-refractivity contribution in [2.45, 2.75) is 0 Å². The minimum atomic E-state index is 0.338. The highest BCUT2D eigenvalue weighted by molar-refractivity contribution is 7.27. The molecule has 0 amide bonds. The summed E-state index contributed by atoms with van der Waals surface area (Å²) in [7, 11) is 0. The number of fused-ring (bicyclic) bond motifs is 20. The molecule has 350 valence electrons. The van der Waals surface area contributed by atoms with E-state index in [4.69, 9.17) is 8.83 Å². The third-order valence-corrected chi connectivity index (χ3v) is 18.2. The molecule has 76 heavy (non-hydrogen) atoms. The summed E-state index contributed by atoms with van der Waals surface area (Å²) in [5.41, 5.74) is 11.1. The van der Waals surface area contributed by atoms with Gasteiger partial charge < -0.3 is 18.0 Å². The van der Waals surface area contributed by atoms with E-state index in [-0.39, 0.29) is 0 Å².